The largest absolute Gasteiger partial charge is 0.465 e. The van der Waals surface area contributed by atoms with E-state index in [1.54, 1.807) is 0 Å². The lowest BCUT2D eigenvalue weighted by atomic mass is 10.2. The van der Waals surface area contributed by atoms with Crippen LogP contribution in [-0.2, 0) is 9.47 Å². The van der Waals surface area contributed by atoms with E-state index in [9.17, 15) is 4.79 Å². The number of rotatable bonds is 7. The topological polar surface area (TPSA) is 86.5 Å². The van der Waals surface area contributed by atoms with Crippen molar-refractivity contribution in [1.29, 1.82) is 0 Å². The van der Waals surface area contributed by atoms with Crippen molar-refractivity contribution >= 4 is 17.5 Å². The molecule has 1 heterocycles. The van der Waals surface area contributed by atoms with Crippen molar-refractivity contribution in [3.8, 4) is 0 Å². The zero-order chi connectivity index (χ0) is 14.3. The van der Waals surface area contributed by atoms with E-state index in [2.05, 4.69) is 24.1 Å². The van der Waals surface area contributed by atoms with Crippen molar-refractivity contribution in [2.24, 2.45) is 5.92 Å². The summed E-state index contributed by atoms with van der Waals surface area (Å²) in [5.41, 5.74) is 6.52. The van der Waals surface area contributed by atoms with E-state index in [0.29, 0.717) is 36.9 Å². The monoisotopic (exact) mass is 267 g/mol. The van der Waals surface area contributed by atoms with Crippen LogP contribution in [0, 0.1) is 5.92 Å². The van der Waals surface area contributed by atoms with Gasteiger partial charge < -0.3 is 20.5 Å². The molecule has 19 heavy (non-hydrogen) atoms. The summed E-state index contributed by atoms with van der Waals surface area (Å²) in [6, 6.07) is 1.49. The van der Waals surface area contributed by atoms with E-state index in [1.165, 1.54) is 19.4 Å². The van der Waals surface area contributed by atoms with Gasteiger partial charge in [0.15, 0.2) is 0 Å². The molecule has 0 bridgehead atoms. The van der Waals surface area contributed by atoms with Gasteiger partial charge in [0.05, 0.1) is 31.2 Å². The van der Waals surface area contributed by atoms with Gasteiger partial charge >= 0.3 is 5.97 Å². The predicted molar refractivity (Wildman–Crippen MR) is 74.1 cm³/mol. The summed E-state index contributed by atoms with van der Waals surface area (Å²) in [5.74, 6) is 0.338. The smallest absolute Gasteiger partial charge is 0.340 e. The number of hydrogen-bond donors (Lipinski definition) is 2. The number of aromatic nitrogens is 1. The van der Waals surface area contributed by atoms with Gasteiger partial charge in [-0.2, -0.15) is 0 Å². The van der Waals surface area contributed by atoms with Crippen LogP contribution in [0.2, 0.25) is 0 Å². The number of pyridine rings is 1. The van der Waals surface area contributed by atoms with Crippen LogP contribution in [0.4, 0.5) is 11.5 Å². The molecule has 0 saturated carbocycles. The Bertz CT molecular complexity index is 422. The summed E-state index contributed by atoms with van der Waals surface area (Å²) in [6.07, 6.45) is 1.52. The number of nitrogen functional groups attached to an aromatic ring is 1. The third-order valence-electron chi connectivity index (χ3n) is 2.34. The molecule has 0 spiro atoms. The number of ether oxygens (including phenoxy) is 2. The van der Waals surface area contributed by atoms with Gasteiger partial charge in [-0.25, -0.2) is 9.78 Å². The molecule has 106 valence electrons. The predicted octanol–water partition coefficient (Wildman–Crippen LogP) is 1.53. The Balaban J connectivity index is 2.55. The fourth-order valence-corrected chi connectivity index (χ4v) is 1.47. The maximum Gasteiger partial charge on any atom is 0.340 e. The number of hydrogen-bond acceptors (Lipinski definition) is 6. The lowest BCUT2D eigenvalue weighted by Crippen LogP contribution is -2.15. The minimum Gasteiger partial charge on any atom is -0.465 e. The molecule has 6 nitrogen and oxygen atoms in total. The summed E-state index contributed by atoms with van der Waals surface area (Å²) in [4.78, 5) is 15.5. The quantitative estimate of drug-likeness (QED) is 0.575. The summed E-state index contributed by atoms with van der Waals surface area (Å²) < 4.78 is 10.1. The second-order valence-electron chi connectivity index (χ2n) is 4.54. The first kappa shape index (κ1) is 15.2. The standard InChI is InChI=1S/C13H21N3O3/c1-9(2)8-19-5-4-15-11-7-16-12(14)6-10(11)13(17)18-3/h6-7,9,15H,4-5,8H2,1-3H3,(H2,14,16). The van der Waals surface area contributed by atoms with E-state index in [4.69, 9.17) is 15.2 Å². The van der Waals surface area contributed by atoms with Crippen molar-refractivity contribution in [1.82, 2.24) is 4.98 Å². The van der Waals surface area contributed by atoms with Crippen molar-refractivity contribution in [2.75, 3.05) is 37.9 Å². The van der Waals surface area contributed by atoms with Gasteiger partial charge in [0.2, 0.25) is 0 Å². The van der Waals surface area contributed by atoms with Crippen molar-refractivity contribution in [2.45, 2.75) is 13.8 Å². The first-order valence-corrected chi connectivity index (χ1v) is 6.20. The fourth-order valence-electron chi connectivity index (χ4n) is 1.47. The number of carbonyl (C=O) groups excluding carboxylic acids is 1. The first-order chi connectivity index (χ1) is 9.04. The van der Waals surface area contributed by atoms with Gasteiger partial charge in [-0.1, -0.05) is 13.8 Å². The molecular formula is C13H21N3O3. The van der Waals surface area contributed by atoms with Crippen LogP contribution in [-0.4, -0.2) is 37.8 Å². The Morgan fingerprint density at radius 3 is 2.89 bits per heavy atom. The average molecular weight is 267 g/mol. The van der Waals surface area contributed by atoms with Gasteiger partial charge in [-0.05, 0) is 12.0 Å². The van der Waals surface area contributed by atoms with E-state index >= 15 is 0 Å². The summed E-state index contributed by atoms with van der Waals surface area (Å²) in [6.45, 7) is 6.04. The first-order valence-electron chi connectivity index (χ1n) is 6.20. The molecule has 0 aliphatic carbocycles. The van der Waals surface area contributed by atoms with E-state index in [-0.39, 0.29) is 5.82 Å². The van der Waals surface area contributed by atoms with Crippen molar-refractivity contribution < 1.29 is 14.3 Å². The summed E-state index contributed by atoms with van der Waals surface area (Å²) in [5, 5.41) is 3.09. The maximum atomic E-state index is 11.6. The summed E-state index contributed by atoms with van der Waals surface area (Å²) >= 11 is 0. The molecule has 0 aliphatic rings. The number of nitrogens with one attached hydrogen (secondary N) is 1. The van der Waals surface area contributed by atoms with Crippen LogP contribution in [0.15, 0.2) is 12.3 Å². The molecule has 0 atom stereocenters. The third kappa shape index (κ3) is 5.13. The molecule has 1 aromatic heterocycles. The molecule has 0 unspecified atom stereocenters. The number of nitrogens with two attached hydrogens (primary N) is 1. The second-order valence-corrected chi connectivity index (χ2v) is 4.54. The maximum absolute atomic E-state index is 11.6. The zero-order valence-electron chi connectivity index (χ0n) is 11.6. The second kappa shape index (κ2) is 7.58. The molecule has 0 aliphatic heterocycles. The van der Waals surface area contributed by atoms with Crippen molar-refractivity contribution in [3.63, 3.8) is 0 Å². The fraction of sp³-hybridized carbons (Fsp3) is 0.538. The van der Waals surface area contributed by atoms with Crippen LogP contribution < -0.4 is 11.1 Å². The molecule has 0 aromatic carbocycles. The number of carbonyl (C=O) groups is 1. The normalized spacial score (nSPS) is 10.5. The van der Waals surface area contributed by atoms with Crippen LogP contribution in [0.3, 0.4) is 0 Å². The van der Waals surface area contributed by atoms with E-state index < -0.39 is 5.97 Å². The van der Waals surface area contributed by atoms with Crippen LogP contribution >= 0.6 is 0 Å². The molecule has 1 aromatic rings. The number of methoxy groups -OCH3 is 1. The number of nitrogens with zero attached hydrogens (tertiary/aromatic N) is 1. The Hall–Kier alpha value is -1.82. The molecule has 3 N–H and O–H groups in total. The lowest BCUT2D eigenvalue weighted by molar-refractivity contribution is 0.0601. The van der Waals surface area contributed by atoms with Gasteiger partial charge in [0.1, 0.15) is 5.82 Å². The lowest BCUT2D eigenvalue weighted by Gasteiger charge is -2.11. The highest BCUT2D eigenvalue weighted by molar-refractivity contribution is 5.96. The highest BCUT2D eigenvalue weighted by Gasteiger charge is 2.12. The van der Waals surface area contributed by atoms with Gasteiger partial charge in [-0.3, -0.25) is 0 Å². The average Bonchev–Trinajstić information content (AvgIpc) is 2.38. The number of esters is 1. The Morgan fingerprint density at radius 2 is 2.26 bits per heavy atom. The van der Waals surface area contributed by atoms with Crippen LogP contribution in [0.5, 0.6) is 0 Å². The Morgan fingerprint density at radius 1 is 1.53 bits per heavy atom. The SMILES string of the molecule is COC(=O)c1cc(N)ncc1NCCOCC(C)C. The minimum absolute atomic E-state index is 0.280. The molecule has 1 rings (SSSR count). The highest BCUT2D eigenvalue weighted by Crippen LogP contribution is 2.17. The molecule has 0 saturated heterocycles. The van der Waals surface area contributed by atoms with E-state index in [1.807, 2.05) is 0 Å². The van der Waals surface area contributed by atoms with Crippen molar-refractivity contribution in [3.05, 3.63) is 17.8 Å². The molecular weight excluding hydrogens is 246 g/mol. The van der Waals surface area contributed by atoms with Gasteiger partial charge in [-0.15, -0.1) is 0 Å². The molecule has 6 heteroatoms. The minimum atomic E-state index is -0.445. The highest BCUT2D eigenvalue weighted by atomic mass is 16.5. The summed E-state index contributed by atoms with van der Waals surface area (Å²) in [7, 11) is 1.33. The number of anilines is 2. The van der Waals surface area contributed by atoms with Gasteiger partial charge in [0, 0.05) is 13.2 Å². The molecule has 0 amide bonds. The third-order valence-corrected chi connectivity index (χ3v) is 2.34. The molecule has 0 radical (unpaired) electrons. The Kier molecular flexibility index (Phi) is 6.08. The van der Waals surface area contributed by atoms with Crippen LogP contribution in [0.1, 0.15) is 24.2 Å². The Labute approximate surface area is 113 Å². The zero-order valence-corrected chi connectivity index (χ0v) is 11.6. The molecule has 0 fully saturated rings. The van der Waals surface area contributed by atoms with Crippen LogP contribution in [0.25, 0.3) is 0 Å². The van der Waals surface area contributed by atoms with Gasteiger partial charge in [0.25, 0.3) is 0 Å². The van der Waals surface area contributed by atoms with E-state index in [0.717, 1.165) is 0 Å².